The van der Waals surface area contributed by atoms with Gasteiger partial charge in [-0.25, -0.2) is 0 Å². The highest BCUT2D eigenvalue weighted by Crippen LogP contribution is 2.30. The van der Waals surface area contributed by atoms with Gasteiger partial charge in [-0.2, -0.15) is 0 Å². The predicted molar refractivity (Wildman–Crippen MR) is 47.8 cm³/mol. The lowest BCUT2D eigenvalue weighted by molar-refractivity contribution is -0.126. The summed E-state index contributed by atoms with van der Waals surface area (Å²) in [4.78, 5) is 11.3. The van der Waals surface area contributed by atoms with Crippen molar-refractivity contribution >= 4 is 5.78 Å². The lowest BCUT2D eigenvalue weighted by Gasteiger charge is -2.28. The molecule has 0 spiro atoms. The zero-order valence-electron chi connectivity index (χ0n) is 7.92. The van der Waals surface area contributed by atoms with Crippen LogP contribution >= 0.6 is 0 Å². The van der Waals surface area contributed by atoms with Crippen LogP contribution in [-0.4, -0.2) is 17.5 Å². The Bertz CT molecular complexity index is 165. The third-order valence-electron chi connectivity index (χ3n) is 3.08. The van der Waals surface area contributed by atoms with Crippen LogP contribution in [-0.2, 0) is 4.79 Å². The van der Waals surface area contributed by atoms with Crippen LogP contribution in [0.1, 0.15) is 33.1 Å². The van der Waals surface area contributed by atoms with E-state index in [1.54, 1.807) is 0 Å². The van der Waals surface area contributed by atoms with Crippen molar-refractivity contribution in [3.05, 3.63) is 0 Å². The molecule has 12 heavy (non-hydrogen) atoms. The van der Waals surface area contributed by atoms with E-state index in [2.05, 4.69) is 0 Å². The summed E-state index contributed by atoms with van der Waals surface area (Å²) in [6.07, 6.45) is 2.80. The molecule has 0 radical (unpaired) electrons. The molecule has 70 valence electrons. The van der Waals surface area contributed by atoms with Crippen LogP contribution in [0.4, 0.5) is 0 Å². The Labute approximate surface area is 74.0 Å². The molecule has 1 aliphatic rings. The normalized spacial score (nSPS) is 33.4. The van der Waals surface area contributed by atoms with E-state index in [9.17, 15) is 4.79 Å². The van der Waals surface area contributed by atoms with Gasteiger partial charge in [0.1, 0.15) is 5.78 Å². The maximum atomic E-state index is 11.3. The minimum Gasteiger partial charge on any atom is -0.396 e. The number of aliphatic hydroxyl groups is 1. The van der Waals surface area contributed by atoms with E-state index < -0.39 is 0 Å². The van der Waals surface area contributed by atoms with Crippen molar-refractivity contribution in [1.29, 1.82) is 0 Å². The van der Waals surface area contributed by atoms with Crippen LogP contribution in [0.2, 0.25) is 0 Å². The van der Waals surface area contributed by atoms with Crippen LogP contribution < -0.4 is 0 Å². The van der Waals surface area contributed by atoms with Crippen molar-refractivity contribution in [3.63, 3.8) is 0 Å². The first-order valence-electron chi connectivity index (χ1n) is 4.78. The molecular weight excluding hydrogens is 152 g/mol. The Morgan fingerprint density at radius 2 is 2.25 bits per heavy atom. The molecule has 0 aromatic heterocycles. The highest BCUT2D eigenvalue weighted by atomic mass is 16.3. The molecule has 0 aliphatic heterocycles. The van der Waals surface area contributed by atoms with E-state index in [1.807, 2.05) is 13.8 Å². The molecule has 1 unspecified atom stereocenters. The van der Waals surface area contributed by atoms with Gasteiger partial charge in [0.2, 0.25) is 0 Å². The maximum absolute atomic E-state index is 11.3. The molecule has 1 rings (SSSR count). The standard InChI is InChI=1S/C10H18O2/c1-7-3-4-9(5-10(7)12)8(2)6-11/h7-9,11H,3-6H2,1-2H3/t7-,8+,9?/m0/s1. The number of carbonyl (C=O) groups is 1. The Kier molecular flexibility index (Phi) is 3.27. The summed E-state index contributed by atoms with van der Waals surface area (Å²) in [5.41, 5.74) is 0. The van der Waals surface area contributed by atoms with Gasteiger partial charge < -0.3 is 5.11 Å². The van der Waals surface area contributed by atoms with Crippen LogP contribution in [0, 0.1) is 17.8 Å². The van der Waals surface area contributed by atoms with Gasteiger partial charge in [0.15, 0.2) is 0 Å². The lowest BCUT2D eigenvalue weighted by Crippen LogP contribution is -2.27. The fourth-order valence-corrected chi connectivity index (χ4v) is 1.82. The third kappa shape index (κ3) is 2.07. The summed E-state index contributed by atoms with van der Waals surface area (Å²) in [5.74, 6) is 1.36. The van der Waals surface area contributed by atoms with E-state index in [-0.39, 0.29) is 12.5 Å². The molecule has 0 aromatic carbocycles. The second kappa shape index (κ2) is 4.04. The average Bonchev–Trinajstić information content (AvgIpc) is 2.08. The van der Waals surface area contributed by atoms with Crippen molar-refractivity contribution in [3.8, 4) is 0 Å². The minimum atomic E-state index is 0.215. The Morgan fingerprint density at radius 3 is 2.75 bits per heavy atom. The predicted octanol–water partition coefficient (Wildman–Crippen LogP) is 1.62. The fraction of sp³-hybridized carbons (Fsp3) is 0.900. The number of ketones is 1. The van der Waals surface area contributed by atoms with Gasteiger partial charge in [0.05, 0.1) is 0 Å². The SMILES string of the molecule is C[C@H](CO)C1CC[C@H](C)C(=O)C1. The van der Waals surface area contributed by atoms with E-state index >= 15 is 0 Å². The van der Waals surface area contributed by atoms with Crippen molar-refractivity contribution in [2.24, 2.45) is 17.8 Å². The van der Waals surface area contributed by atoms with Gasteiger partial charge >= 0.3 is 0 Å². The molecule has 1 aliphatic carbocycles. The van der Waals surface area contributed by atoms with Gasteiger partial charge in [0, 0.05) is 18.9 Å². The number of hydrogen-bond acceptors (Lipinski definition) is 2. The van der Waals surface area contributed by atoms with Gasteiger partial charge in [-0.1, -0.05) is 13.8 Å². The van der Waals surface area contributed by atoms with Crippen LogP contribution in [0.5, 0.6) is 0 Å². The summed E-state index contributed by atoms with van der Waals surface area (Å²) < 4.78 is 0. The molecule has 2 nitrogen and oxygen atoms in total. The number of carbonyl (C=O) groups excluding carboxylic acids is 1. The minimum absolute atomic E-state index is 0.215. The van der Waals surface area contributed by atoms with Crippen molar-refractivity contribution in [1.82, 2.24) is 0 Å². The zero-order valence-corrected chi connectivity index (χ0v) is 7.92. The molecular formula is C10H18O2. The summed E-state index contributed by atoms with van der Waals surface area (Å²) in [7, 11) is 0. The second-order valence-corrected chi connectivity index (χ2v) is 4.07. The molecule has 3 atom stereocenters. The van der Waals surface area contributed by atoms with Crippen molar-refractivity contribution < 1.29 is 9.90 Å². The van der Waals surface area contributed by atoms with Crippen molar-refractivity contribution in [2.45, 2.75) is 33.1 Å². The average molecular weight is 170 g/mol. The molecule has 0 heterocycles. The second-order valence-electron chi connectivity index (χ2n) is 4.07. The lowest BCUT2D eigenvalue weighted by atomic mass is 9.76. The zero-order chi connectivity index (χ0) is 9.14. The summed E-state index contributed by atoms with van der Waals surface area (Å²) >= 11 is 0. The van der Waals surface area contributed by atoms with Crippen LogP contribution in [0.25, 0.3) is 0 Å². The summed E-state index contributed by atoms with van der Waals surface area (Å²) in [6.45, 7) is 4.24. The summed E-state index contributed by atoms with van der Waals surface area (Å²) in [5, 5.41) is 8.93. The van der Waals surface area contributed by atoms with Gasteiger partial charge in [-0.05, 0) is 24.7 Å². The molecule has 0 saturated heterocycles. The first kappa shape index (κ1) is 9.72. The van der Waals surface area contributed by atoms with E-state index in [0.29, 0.717) is 24.0 Å². The van der Waals surface area contributed by atoms with E-state index in [4.69, 9.17) is 5.11 Å². The number of aliphatic hydroxyl groups excluding tert-OH is 1. The van der Waals surface area contributed by atoms with Gasteiger partial charge in [-0.3, -0.25) is 4.79 Å². The quantitative estimate of drug-likeness (QED) is 0.683. The monoisotopic (exact) mass is 170 g/mol. The molecule has 1 N–H and O–H groups in total. The third-order valence-corrected chi connectivity index (χ3v) is 3.08. The molecule has 0 bridgehead atoms. The van der Waals surface area contributed by atoms with E-state index in [0.717, 1.165) is 12.8 Å². The Hall–Kier alpha value is -0.370. The van der Waals surface area contributed by atoms with E-state index in [1.165, 1.54) is 0 Å². The van der Waals surface area contributed by atoms with Gasteiger partial charge in [-0.15, -0.1) is 0 Å². The molecule has 1 saturated carbocycles. The van der Waals surface area contributed by atoms with Crippen molar-refractivity contribution in [2.75, 3.05) is 6.61 Å². The smallest absolute Gasteiger partial charge is 0.135 e. The highest BCUT2D eigenvalue weighted by Gasteiger charge is 2.28. The Balaban J connectivity index is 2.45. The van der Waals surface area contributed by atoms with Crippen LogP contribution in [0.15, 0.2) is 0 Å². The number of hydrogen-bond donors (Lipinski definition) is 1. The largest absolute Gasteiger partial charge is 0.396 e. The van der Waals surface area contributed by atoms with Crippen LogP contribution in [0.3, 0.4) is 0 Å². The summed E-state index contributed by atoms with van der Waals surface area (Å²) in [6, 6.07) is 0. The Morgan fingerprint density at radius 1 is 1.58 bits per heavy atom. The molecule has 0 aromatic rings. The topological polar surface area (TPSA) is 37.3 Å². The first-order valence-corrected chi connectivity index (χ1v) is 4.78. The first-order chi connectivity index (χ1) is 5.65. The molecule has 0 amide bonds. The number of rotatable bonds is 2. The maximum Gasteiger partial charge on any atom is 0.135 e. The van der Waals surface area contributed by atoms with Gasteiger partial charge in [0.25, 0.3) is 0 Å². The molecule has 1 fully saturated rings. The number of Topliss-reactive ketones (excluding diaryl/α,β-unsaturated/α-hetero) is 1. The fourth-order valence-electron chi connectivity index (χ4n) is 1.82. The molecule has 2 heteroatoms. The highest BCUT2D eigenvalue weighted by molar-refractivity contribution is 5.81.